The maximum Gasteiger partial charge on any atom is 0.243 e. The lowest BCUT2D eigenvalue weighted by Gasteiger charge is -2.30. The summed E-state index contributed by atoms with van der Waals surface area (Å²) in [6.07, 6.45) is 1.00. The number of benzene rings is 2. The Morgan fingerprint density at radius 3 is 2.52 bits per heavy atom. The number of hydrogen-bond acceptors (Lipinski definition) is 5. The van der Waals surface area contributed by atoms with Gasteiger partial charge in [-0.25, -0.2) is 8.42 Å². The van der Waals surface area contributed by atoms with E-state index in [2.05, 4.69) is 5.32 Å². The third kappa shape index (κ3) is 4.14. The third-order valence-electron chi connectivity index (χ3n) is 5.24. The lowest BCUT2D eigenvalue weighted by Crippen LogP contribution is -2.41. The van der Waals surface area contributed by atoms with Gasteiger partial charge < -0.3 is 10.1 Å². The average Bonchev–Trinajstić information content (AvgIpc) is 3.22. The normalized spacial score (nSPS) is 16.0. The molecule has 1 N–H and O–H groups in total. The Balaban J connectivity index is 1.38. The summed E-state index contributed by atoms with van der Waals surface area (Å²) in [6, 6.07) is 14.3. The fraction of sp³-hybridized carbons (Fsp3) is 0.286. The van der Waals surface area contributed by atoms with Gasteiger partial charge in [-0.15, -0.1) is 11.3 Å². The molecule has 1 aliphatic heterocycles. The van der Waals surface area contributed by atoms with E-state index in [4.69, 9.17) is 4.74 Å². The van der Waals surface area contributed by atoms with Crippen LogP contribution in [-0.2, 0) is 14.8 Å². The van der Waals surface area contributed by atoms with Crippen LogP contribution in [0.15, 0.2) is 58.8 Å². The molecule has 0 saturated carbocycles. The number of nitrogens with zero attached hydrogens (tertiary/aromatic N) is 1. The first kappa shape index (κ1) is 19.9. The molecular formula is C21H22N2O4S2. The molecule has 0 unspecified atom stereocenters. The van der Waals surface area contributed by atoms with Crippen LogP contribution in [0, 0.1) is 5.92 Å². The zero-order chi connectivity index (χ0) is 20.4. The Labute approximate surface area is 174 Å². The Morgan fingerprint density at radius 2 is 1.83 bits per heavy atom. The lowest BCUT2D eigenvalue weighted by molar-refractivity contribution is -0.120. The number of carbonyl (C=O) groups is 1. The van der Waals surface area contributed by atoms with Gasteiger partial charge in [0.2, 0.25) is 15.9 Å². The zero-order valence-corrected chi connectivity index (χ0v) is 17.6. The Morgan fingerprint density at radius 1 is 1.10 bits per heavy atom. The molecule has 1 fully saturated rings. The van der Waals surface area contributed by atoms with Crippen molar-refractivity contribution in [2.24, 2.45) is 5.92 Å². The molecule has 2 aromatic carbocycles. The van der Waals surface area contributed by atoms with E-state index in [1.807, 2.05) is 29.6 Å². The minimum Gasteiger partial charge on any atom is -0.497 e. The smallest absolute Gasteiger partial charge is 0.243 e. The fourth-order valence-electron chi connectivity index (χ4n) is 3.54. The molecule has 0 atom stereocenters. The second-order valence-electron chi connectivity index (χ2n) is 7.02. The molecule has 1 aromatic heterocycles. The first-order chi connectivity index (χ1) is 14.0. The van der Waals surface area contributed by atoms with Crippen molar-refractivity contribution in [1.29, 1.82) is 0 Å². The molecule has 0 bridgehead atoms. The van der Waals surface area contributed by atoms with Crippen molar-refractivity contribution in [3.63, 3.8) is 0 Å². The molecular weight excluding hydrogens is 408 g/mol. The molecule has 8 heteroatoms. The van der Waals surface area contributed by atoms with Crippen LogP contribution in [0.1, 0.15) is 12.8 Å². The van der Waals surface area contributed by atoms with Crippen LogP contribution in [-0.4, -0.2) is 38.8 Å². The number of thiophene rings is 1. The van der Waals surface area contributed by atoms with Gasteiger partial charge in [0.15, 0.2) is 0 Å². The van der Waals surface area contributed by atoms with Gasteiger partial charge in [-0.1, -0.05) is 0 Å². The van der Waals surface area contributed by atoms with E-state index < -0.39 is 10.0 Å². The molecule has 152 valence electrons. The van der Waals surface area contributed by atoms with Crippen molar-refractivity contribution in [3.05, 3.63) is 53.9 Å². The van der Waals surface area contributed by atoms with Crippen LogP contribution < -0.4 is 10.1 Å². The Kier molecular flexibility index (Phi) is 5.58. The summed E-state index contributed by atoms with van der Waals surface area (Å²) < 4.78 is 33.4. The van der Waals surface area contributed by atoms with Gasteiger partial charge in [-0.05, 0) is 72.1 Å². The van der Waals surface area contributed by atoms with Gasteiger partial charge in [0.25, 0.3) is 0 Å². The summed E-state index contributed by atoms with van der Waals surface area (Å²) in [6.45, 7) is 0.659. The fourth-order valence-corrected chi connectivity index (χ4v) is 5.78. The maximum atomic E-state index is 12.8. The number of fused-ring (bicyclic) bond motifs is 1. The second kappa shape index (κ2) is 8.14. The molecule has 1 saturated heterocycles. The lowest BCUT2D eigenvalue weighted by atomic mass is 9.97. The van der Waals surface area contributed by atoms with Crippen LogP contribution in [0.2, 0.25) is 0 Å². The average molecular weight is 431 g/mol. The predicted octanol–water partition coefficient (Wildman–Crippen LogP) is 3.95. The molecule has 0 spiro atoms. The molecule has 0 aliphatic carbocycles. The van der Waals surface area contributed by atoms with Gasteiger partial charge in [0.1, 0.15) is 5.75 Å². The van der Waals surface area contributed by atoms with Crippen molar-refractivity contribution in [2.45, 2.75) is 17.7 Å². The molecule has 2 heterocycles. The maximum absolute atomic E-state index is 12.8. The summed E-state index contributed by atoms with van der Waals surface area (Å²) in [5.41, 5.74) is 0.772. The van der Waals surface area contributed by atoms with Crippen molar-refractivity contribution < 1.29 is 17.9 Å². The Hall–Kier alpha value is -2.42. The summed E-state index contributed by atoms with van der Waals surface area (Å²) in [7, 11) is -2.03. The van der Waals surface area contributed by atoms with Crippen LogP contribution >= 0.6 is 11.3 Å². The van der Waals surface area contributed by atoms with Crippen molar-refractivity contribution in [2.75, 3.05) is 25.5 Å². The first-order valence-corrected chi connectivity index (χ1v) is 11.7. The number of piperidine rings is 1. The molecule has 0 radical (unpaired) electrons. The summed E-state index contributed by atoms with van der Waals surface area (Å²) in [4.78, 5) is 12.9. The number of sulfonamides is 1. The SMILES string of the molecule is COc1ccc(S(=O)(=O)N2CCC(C(=O)Nc3ccc4sccc4c3)CC2)cc1. The van der Waals surface area contributed by atoms with Crippen molar-refractivity contribution in [3.8, 4) is 5.75 Å². The quantitative estimate of drug-likeness (QED) is 0.665. The van der Waals surface area contributed by atoms with Crippen molar-refractivity contribution in [1.82, 2.24) is 4.31 Å². The van der Waals surface area contributed by atoms with E-state index in [1.54, 1.807) is 35.6 Å². The summed E-state index contributed by atoms with van der Waals surface area (Å²) in [5, 5.41) is 6.10. The summed E-state index contributed by atoms with van der Waals surface area (Å²) >= 11 is 1.66. The topological polar surface area (TPSA) is 75.7 Å². The molecule has 6 nitrogen and oxygen atoms in total. The van der Waals surface area contributed by atoms with Gasteiger partial charge >= 0.3 is 0 Å². The molecule has 3 aromatic rings. The second-order valence-corrected chi connectivity index (χ2v) is 9.90. The highest BCUT2D eigenvalue weighted by Gasteiger charge is 2.32. The van der Waals surface area contributed by atoms with Gasteiger partial charge in [-0.3, -0.25) is 4.79 Å². The molecule has 1 amide bonds. The van der Waals surface area contributed by atoms with Crippen LogP contribution in [0.4, 0.5) is 5.69 Å². The van der Waals surface area contributed by atoms with Gasteiger partial charge in [0, 0.05) is 29.4 Å². The molecule has 29 heavy (non-hydrogen) atoms. The third-order valence-corrected chi connectivity index (χ3v) is 8.05. The van der Waals surface area contributed by atoms with E-state index in [9.17, 15) is 13.2 Å². The predicted molar refractivity (Wildman–Crippen MR) is 115 cm³/mol. The van der Waals surface area contributed by atoms with E-state index in [-0.39, 0.29) is 16.7 Å². The van der Waals surface area contributed by atoms with Crippen molar-refractivity contribution >= 4 is 43.0 Å². The minimum atomic E-state index is -3.57. The van der Waals surface area contributed by atoms with E-state index in [0.29, 0.717) is 31.7 Å². The minimum absolute atomic E-state index is 0.0546. The number of anilines is 1. The molecule has 1 aliphatic rings. The van der Waals surface area contributed by atoms with Crippen LogP contribution in [0.25, 0.3) is 10.1 Å². The van der Waals surface area contributed by atoms with E-state index >= 15 is 0 Å². The van der Waals surface area contributed by atoms with Crippen LogP contribution in [0.3, 0.4) is 0 Å². The number of carbonyl (C=O) groups excluding carboxylic acids is 1. The van der Waals surface area contributed by atoms with Crippen LogP contribution in [0.5, 0.6) is 5.75 Å². The highest BCUT2D eigenvalue weighted by Crippen LogP contribution is 2.27. The number of rotatable bonds is 5. The Bertz CT molecular complexity index is 1120. The number of nitrogens with one attached hydrogen (secondary N) is 1. The number of amides is 1. The standard InChI is InChI=1S/C21H22N2O4S2/c1-27-18-3-5-19(6-4-18)29(25,26)23-11-8-15(9-12-23)21(24)22-17-2-7-20-16(14-17)10-13-28-20/h2-7,10,13-15H,8-9,11-12H2,1H3,(H,22,24). The zero-order valence-electron chi connectivity index (χ0n) is 16.0. The number of ether oxygens (including phenoxy) is 1. The number of methoxy groups -OCH3 is 1. The highest BCUT2D eigenvalue weighted by molar-refractivity contribution is 7.89. The molecule has 4 rings (SSSR count). The monoisotopic (exact) mass is 430 g/mol. The van der Waals surface area contributed by atoms with E-state index in [1.165, 1.54) is 16.1 Å². The summed E-state index contributed by atoms with van der Waals surface area (Å²) in [5.74, 6) is 0.358. The number of hydrogen-bond donors (Lipinski definition) is 1. The highest BCUT2D eigenvalue weighted by atomic mass is 32.2. The largest absolute Gasteiger partial charge is 0.497 e. The first-order valence-electron chi connectivity index (χ1n) is 9.40. The van der Waals surface area contributed by atoms with Gasteiger partial charge in [-0.2, -0.15) is 4.31 Å². The van der Waals surface area contributed by atoms with E-state index in [0.717, 1.165) is 11.1 Å². The van der Waals surface area contributed by atoms with Gasteiger partial charge in [0.05, 0.1) is 12.0 Å².